The smallest absolute Gasteiger partial charge is 0.303 e. The quantitative estimate of drug-likeness (QED) is 0.627. The molecule has 0 amide bonds. The van der Waals surface area contributed by atoms with Crippen molar-refractivity contribution in [2.24, 2.45) is 0 Å². The van der Waals surface area contributed by atoms with Crippen molar-refractivity contribution < 1.29 is 9.90 Å². The van der Waals surface area contributed by atoms with E-state index in [0.29, 0.717) is 17.3 Å². The summed E-state index contributed by atoms with van der Waals surface area (Å²) >= 11 is 1.46. The standard InChI is InChI=1S/C13H15N3O2S/c1-9-4-6-10(7-5-9)12-14-13(16-15-12)19-8-2-3-11(17)18/h4-7H,2-3,8H2,1H3,(H,17,18)(H,14,15,16). The number of hydrogen-bond donors (Lipinski definition) is 2. The van der Waals surface area contributed by atoms with Crippen molar-refractivity contribution in [2.45, 2.75) is 24.9 Å². The summed E-state index contributed by atoms with van der Waals surface area (Å²) in [6.45, 7) is 2.04. The lowest BCUT2D eigenvalue weighted by molar-refractivity contribution is -0.137. The Kier molecular flexibility index (Phi) is 4.57. The van der Waals surface area contributed by atoms with Crippen LogP contribution in [0.5, 0.6) is 0 Å². The Labute approximate surface area is 115 Å². The van der Waals surface area contributed by atoms with Gasteiger partial charge in [0.15, 0.2) is 5.82 Å². The van der Waals surface area contributed by atoms with Gasteiger partial charge in [0.05, 0.1) is 0 Å². The first-order chi connectivity index (χ1) is 9.15. The molecule has 1 heterocycles. The van der Waals surface area contributed by atoms with Crippen molar-refractivity contribution >= 4 is 17.7 Å². The average Bonchev–Trinajstić information content (AvgIpc) is 2.84. The van der Waals surface area contributed by atoms with E-state index in [9.17, 15) is 4.79 Å². The summed E-state index contributed by atoms with van der Waals surface area (Å²) in [6, 6.07) is 8.04. The van der Waals surface area contributed by atoms with Crippen LogP contribution in [0.3, 0.4) is 0 Å². The molecule has 0 unspecified atom stereocenters. The highest BCUT2D eigenvalue weighted by atomic mass is 32.2. The number of aromatic amines is 1. The van der Waals surface area contributed by atoms with E-state index < -0.39 is 5.97 Å². The Morgan fingerprint density at radius 3 is 2.79 bits per heavy atom. The van der Waals surface area contributed by atoms with Crippen molar-refractivity contribution in [3.8, 4) is 11.4 Å². The largest absolute Gasteiger partial charge is 0.481 e. The topological polar surface area (TPSA) is 78.9 Å². The van der Waals surface area contributed by atoms with Crippen LogP contribution in [0.4, 0.5) is 0 Å². The number of rotatable bonds is 6. The van der Waals surface area contributed by atoms with Crippen LogP contribution in [0.2, 0.25) is 0 Å². The third kappa shape index (κ3) is 4.10. The maximum absolute atomic E-state index is 10.4. The van der Waals surface area contributed by atoms with Gasteiger partial charge >= 0.3 is 5.97 Å². The fraction of sp³-hybridized carbons (Fsp3) is 0.308. The fourth-order valence-electron chi connectivity index (χ4n) is 1.54. The molecule has 0 saturated carbocycles. The zero-order valence-electron chi connectivity index (χ0n) is 10.6. The second kappa shape index (κ2) is 6.38. The molecule has 5 nitrogen and oxygen atoms in total. The number of nitrogens with zero attached hydrogens (tertiary/aromatic N) is 2. The maximum atomic E-state index is 10.4. The van der Waals surface area contributed by atoms with Crippen LogP contribution in [-0.2, 0) is 4.79 Å². The number of carboxylic acids is 1. The lowest BCUT2D eigenvalue weighted by Crippen LogP contribution is -1.94. The Bertz CT molecular complexity index is 551. The molecular formula is C13H15N3O2S. The summed E-state index contributed by atoms with van der Waals surface area (Å²) < 4.78 is 0. The number of carbonyl (C=O) groups is 1. The van der Waals surface area contributed by atoms with E-state index >= 15 is 0 Å². The van der Waals surface area contributed by atoms with Crippen molar-refractivity contribution in [1.29, 1.82) is 0 Å². The highest BCUT2D eigenvalue weighted by molar-refractivity contribution is 7.99. The third-order valence-corrected chi connectivity index (χ3v) is 3.49. The molecule has 0 bridgehead atoms. The molecule has 0 spiro atoms. The summed E-state index contributed by atoms with van der Waals surface area (Å²) in [5, 5.41) is 16.2. The number of hydrogen-bond acceptors (Lipinski definition) is 4. The van der Waals surface area contributed by atoms with E-state index in [1.807, 2.05) is 31.2 Å². The fourth-order valence-corrected chi connectivity index (χ4v) is 2.28. The number of thioether (sulfide) groups is 1. The van der Waals surface area contributed by atoms with E-state index in [2.05, 4.69) is 15.2 Å². The predicted molar refractivity (Wildman–Crippen MR) is 74.1 cm³/mol. The number of aryl methyl sites for hydroxylation is 1. The number of aliphatic carboxylic acids is 1. The molecule has 1 aromatic heterocycles. The molecule has 0 aliphatic carbocycles. The lowest BCUT2D eigenvalue weighted by Gasteiger charge is -1.96. The van der Waals surface area contributed by atoms with Crippen LogP contribution >= 0.6 is 11.8 Å². The van der Waals surface area contributed by atoms with Crippen molar-refractivity contribution in [1.82, 2.24) is 15.2 Å². The number of carboxylic acid groups (broad SMARTS) is 1. The van der Waals surface area contributed by atoms with Gasteiger partial charge in [0, 0.05) is 17.7 Å². The second-order valence-electron chi connectivity index (χ2n) is 4.18. The highest BCUT2D eigenvalue weighted by Crippen LogP contribution is 2.20. The first-order valence-corrected chi connectivity index (χ1v) is 6.98. The molecule has 0 aliphatic heterocycles. The molecule has 1 aromatic carbocycles. The van der Waals surface area contributed by atoms with E-state index in [4.69, 9.17) is 5.11 Å². The summed E-state index contributed by atoms with van der Waals surface area (Å²) in [6.07, 6.45) is 0.802. The molecule has 2 N–H and O–H groups in total. The molecule has 2 rings (SSSR count). The van der Waals surface area contributed by atoms with Gasteiger partial charge < -0.3 is 5.11 Å². The van der Waals surface area contributed by atoms with Crippen LogP contribution in [0.25, 0.3) is 11.4 Å². The molecule has 0 fully saturated rings. The minimum Gasteiger partial charge on any atom is -0.481 e. The first kappa shape index (κ1) is 13.6. The van der Waals surface area contributed by atoms with Crippen LogP contribution in [0.1, 0.15) is 18.4 Å². The molecular weight excluding hydrogens is 262 g/mol. The molecule has 2 aromatic rings. The van der Waals surface area contributed by atoms with Crippen LogP contribution in [-0.4, -0.2) is 32.0 Å². The SMILES string of the molecule is Cc1ccc(-c2nc(SCCCC(=O)O)n[nH]2)cc1. The van der Waals surface area contributed by atoms with Crippen LogP contribution in [0.15, 0.2) is 29.4 Å². The Morgan fingerprint density at radius 2 is 2.11 bits per heavy atom. The number of nitrogens with one attached hydrogen (secondary N) is 1. The van der Waals surface area contributed by atoms with Crippen molar-refractivity contribution in [2.75, 3.05) is 5.75 Å². The second-order valence-corrected chi connectivity index (χ2v) is 5.24. The summed E-state index contributed by atoms with van der Waals surface area (Å²) in [4.78, 5) is 14.8. The minimum absolute atomic E-state index is 0.183. The summed E-state index contributed by atoms with van der Waals surface area (Å²) in [7, 11) is 0. The molecule has 0 atom stereocenters. The monoisotopic (exact) mass is 277 g/mol. The minimum atomic E-state index is -0.768. The third-order valence-electron chi connectivity index (χ3n) is 2.56. The van der Waals surface area contributed by atoms with Crippen molar-refractivity contribution in [3.63, 3.8) is 0 Å². The van der Waals surface area contributed by atoms with Gasteiger partial charge in [-0.3, -0.25) is 9.89 Å². The van der Waals surface area contributed by atoms with Crippen LogP contribution < -0.4 is 0 Å². The van der Waals surface area contributed by atoms with Gasteiger partial charge in [-0.15, -0.1) is 5.10 Å². The zero-order chi connectivity index (χ0) is 13.7. The van der Waals surface area contributed by atoms with Gasteiger partial charge in [0.1, 0.15) is 0 Å². The van der Waals surface area contributed by atoms with Gasteiger partial charge in [-0.05, 0) is 13.3 Å². The maximum Gasteiger partial charge on any atom is 0.303 e. The van der Waals surface area contributed by atoms with Crippen molar-refractivity contribution in [3.05, 3.63) is 29.8 Å². The summed E-state index contributed by atoms with van der Waals surface area (Å²) in [5.41, 5.74) is 2.20. The Hall–Kier alpha value is -1.82. The number of H-pyrrole nitrogens is 1. The van der Waals surface area contributed by atoms with Gasteiger partial charge in [0.2, 0.25) is 5.16 Å². The van der Waals surface area contributed by atoms with Gasteiger partial charge in [-0.25, -0.2) is 4.98 Å². The van der Waals surface area contributed by atoms with Gasteiger partial charge in [-0.2, -0.15) is 0 Å². The molecule has 6 heteroatoms. The highest BCUT2D eigenvalue weighted by Gasteiger charge is 2.06. The van der Waals surface area contributed by atoms with E-state index in [1.165, 1.54) is 17.3 Å². The zero-order valence-corrected chi connectivity index (χ0v) is 11.4. The predicted octanol–water partition coefficient (Wildman–Crippen LogP) is 2.74. The van der Waals surface area contributed by atoms with Gasteiger partial charge in [0.25, 0.3) is 0 Å². The molecule has 0 saturated heterocycles. The first-order valence-electron chi connectivity index (χ1n) is 5.99. The van der Waals surface area contributed by atoms with E-state index in [-0.39, 0.29) is 6.42 Å². The molecule has 19 heavy (non-hydrogen) atoms. The van der Waals surface area contributed by atoms with E-state index in [0.717, 1.165) is 11.4 Å². The average molecular weight is 277 g/mol. The molecule has 0 radical (unpaired) electrons. The van der Waals surface area contributed by atoms with Crippen LogP contribution in [0, 0.1) is 6.92 Å². The number of benzene rings is 1. The Morgan fingerprint density at radius 1 is 1.37 bits per heavy atom. The Balaban J connectivity index is 1.91. The number of aromatic nitrogens is 3. The summed E-state index contributed by atoms with van der Waals surface area (Å²) in [5.74, 6) is 0.675. The molecule has 100 valence electrons. The normalized spacial score (nSPS) is 10.6. The van der Waals surface area contributed by atoms with Gasteiger partial charge in [-0.1, -0.05) is 41.6 Å². The van der Waals surface area contributed by atoms with E-state index in [1.54, 1.807) is 0 Å². The lowest BCUT2D eigenvalue weighted by atomic mass is 10.1. The molecule has 0 aliphatic rings.